The molecular weight excluding hydrogens is 474 g/mol. The third-order valence-corrected chi connectivity index (χ3v) is 5.88. The number of H-pyrrole nitrogens is 1. The molecule has 0 saturated carbocycles. The predicted octanol–water partition coefficient (Wildman–Crippen LogP) is 3.58. The van der Waals surface area contributed by atoms with E-state index >= 15 is 0 Å². The third kappa shape index (κ3) is 4.75. The first-order chi connectivity index (χ1) is 18.0. The van der Waals surface area contributed by atoms with Gasteiger partial charge in [0.2, 0.25) is 5.82 Å². The minimum Gasteiger partial charge on any atom is -0.484 e. The van der Waals surface area contributed by atoms with Crippen molar-refractivity contribution in [1.29, 1.82) is 0 Å². The number of nitrogens with two attached hydrogens (primary N) is 1. The highest BCUT2D eigenvalue weighted by atomic mass is 16.5. The Morgan fingerprint density at radius 2 is 1.59 bits per heavy atom. The molecular formula is C26H27N7O4. The van der Waals surface area contributed by atoms with Gasteiger partial charge in [-0.2, -0.15) is 4.98 Å². The van der Waals surface area contributed by atoms with Crippen LogP contribution in [0.15, 0.2) is 62.6 Å². The molecule has 0 radical (unpaired) electrons. The minimum absolute atomic E-state index is 0.103. The molecule has 3 N–H and O–H groups in total. The highest BCUT2D eigenvalue weighted by Gasteiger charge is 2.17. The van der Waals surface area contributed by atoms with Gasteiger partial charge in [0.15, 0.2) is 12.3 Å². The summed E-state index contributed by atoms with van der Waals surface area (Å²) in [6.45, 7) is 4.85. The molecule has 0 aliphatic carbocycles. The van der Waals surface area contributed by atoms with Crippen LogP contribution in [0, 0.1) is 0 Å². The van der Waals surface area contributed by atoms with E-state index in [1.807, 2.05) is 38.1 Å². The fourth-order valence-corrected chi connectivity index (χ4v) is 4.07. The summed E-state index contributed by atoms with van der Waals surface area (Å²) in [4.78, 5) is 37.9. The first-order valence-corrected chi connectivity index (χ1v) is 12.1. The Balaban J connectivity index is 1.35. The summed E-state index contributed by atoms with van der Waals surface area (Å²) >= 11 is 0. The number of imidazole rings is 1. The predicted molar refractivity (Wildman–Crippen MR) is 139 cm³/mol. The highest BCUT2D eigenvalue weighted by Crippen LogP contribution is 2.23. The van der Waals surface area contributed by atoms with Crippen LogP contribution in [-0.2, 0) is 19.7 Å². The van der Waals surface area contributed by atoms with Crippen molar-refractivity contribution in [1.82, 2.24) is 29.2 Å². The summed E-state index contributed by atoms with van der Waals surface area (Å²) < 4.78 is 13.9. The van der Waals surface area contributed by atoms with E-state index < -0.39 is 0 Å². The van der Waals surface area contributed by atoms with Crippen LogP contribution in [0.5, 0.6) is 5.75 Å². The van der Waals surface area contributed by atoms with Gasteiger partial charge in [-0.25, -0.2) is 9.78 Å². The zero-order valence-electron chi connectivity index (χ0n) is 20.6. The number of hydrogen-bond acceptors (Lipinski definition) is 8. The lowest BCUT2D eigenvalue weighted by Gasteiger charge is -2.09. The van der Waals surface area contributed by atoms with Gasteiger partial charge >= 0.3 is 5.69 Å². The number of aromatic amines is 1. The van der Waals surface area contributed by atoms with Crippen molar-refractivity contribution in [3.05, 3.63) is 75.3 Å². The molecule has 190 valence electrons. The molecule has 11 nitrogen and oxygen atoms in total. The second kappa shape index (κ2) is 10.1. The van der Waals surface area contributed by atoms with E-state index in [0.29, 0.717) is 59.7 Å². The summed E-state index contributed by atoms with van der Waals surface area (Å²) in [5.41, 5.74) is 7.93. The molecule has 0 bridgehead atoms. The second-order valence-electron chi connectivity index (χ2n) is 8.62. The number of hydrogen-bond donors (Lipinski definition) is 2. The topological polar surface area (TPSA) is 147 Å². The highest BCUT2D eigenvalue weighted by molar-refractivity contribution is 5.75. The molecule has 0 aliphatic heterocycles. The quantitative estimate of drug-likeness (QED) is 0.291. The number of rotatable bonds is 9. The van der Waals surface area contributed by atoms with E-state index in [-0.39, 0.29) is 17.9 Å². The second-order valence-corrected chi connectivity index (χ2v) is 8.62. The lowest BCUT2D eigenvalue weighted by atomic mass is 10.2. The lowest BCUT2D eigenvalue weighted by Crippen LogP contribution is -2.40. The van der Waals surface area contributed by atoms with E-state index in [4.69, 9.17) is 15.0 Å². The van der Waals surface area contributed by atoms with Crippen molar-refractivity contribution in [3.63, 3.8) is 0 Å². The number of fused-ring (bicyclic) bond motifs is 1. The van der Waals surface area contributed by atoms with Gasteiger partial charge in [-0.1, -0.05) is 19.0 Å². The normalized spacial score (nSPS) is 11.3. The molecule has 0 fully saturated rings. The number of aromatic nitrogens is 6. The summed E-state index contributed by atoms with van der Waals surface area (Å²) in [6, 6.07) is 14.4. The van der Waals surface area contributed by atoms with Crippen molar-refractivity contribution in [2.75, 3.05) is 5.73 Å². The maximum absolute atomic E-state index is 13.0. The van der Waals surface area contributed by atoms with Gasteiger partial charge in [-0.05, 0) is 61.4 Å². The molecule has 0 atom stereocenters. The maximum Gasteiger partial charge on any atom is 0.332 e. The van der Waals surface area contributed by atoms with Gasteiger partial charge in [-0.15, -0.1) is 0 Å². The fraction of sp³-hybridized carbons (Fsp3) is 0.269. The van der Waals surface area contributed by atoms with E-state index in [1.165, 1.54) is 4.57 Å². The number of anilines is 1. The van der Waals surface area contributed by atoms with Gasteiger partial charge in [0, 0.05) is 29.9 Å². The van der Waals surface area contributed by atoms with Crippen molar-refractivity contribution >= 4 is 16.9 Å². The van der Waals surface area contributed by atoms with Crippen molar-refractivity contribution in [2.24, 2.45) is 0 Å². The van der Waals surface area contributed by atoms with Crippen LogP contribution >= 0.6 is 0 Å². The zero-order valence-corrected chi connectivity index (χ0v) is 20.6. The maximum atomic E-state index is 13.0. The van der Waals surface area contributed by atoms with Crippen LogP contribution < -0.4 is 21.7 Å². The Labute approximate surface area is 211 Å². The molecule has 37 heavy (non-hydrogen) atoms. The molecule has 3 aromatic heterocycles. The Bertz CT molecular complexity index is 1640. The number of benzene rings is 2. The van der Waals surface area contributed by atoms with E-state index in [9.17, 15) is 9.59 Å². The first-order valence-electron chi connectivity index (χ1n) is 12.1. The molecule has 2 aromatic carbocycles. The van der Waals surface area contributed by atoms with Gasteiger partial charge < -0.3 is 20.0 Å². The molecule has 5 aromatic rings. The smallest absolute Gasteiger partial charge is 0.332 e. The summed E-state index contributed by atoms with van der Waals surface area (Å²) in [5, 5.41) is 3.98. The molecule has 0 aliphatic rings. The van der Waals surface area contributed by atoms with Crippen molar-refractivity contribution in [3.8, 4) is 28.5 Å². The number of nitrogens with one attached hydrogen (secondary N) is 1. The molecule has 5 rings (SSSR count). The fourth-order valence-electron chi connectivity index (χ4n) is 4.07. The van der Waals surface area contributed by atoms with Crippen molar-refractivity contribution in [2.45, 2.75) is 46.4 Å². The van der Waals surface area contributed by atoms with Gasteiger partial charge in [0.05, 0.1) is 0 Å². The van der Waals surface area contributed by atoms with Gasteiger partial charge in [-0.3, -0.25) is 13.9 Å². The number of aryl methyl sites for hydroxylation is 1. The number of ether oxygens (including phenoxy) is 1. The van der Waals surface area contributed by atoms with Crippen LogP contribution in [0.3, 0.4) is 0 Å². The molecule has 0 spiro atoms. The monoisotopic (exact) mass is 501 g/mol. The lowest BCUT2D eigenvalue weighted by molar-refractivity contribution is 0.243. The zero-order chi connectivity index (χ0) is 25.9. The summed E-state index contributed by atoms with van der Waals surface area (Å²) in [7, 11) is 0. The number of nitrogens with zero attached hydrogens (tertiary/aromatic N) is 5. The summed E-state index contributed by atoms with van der Waals surface area (Å²) in [5.74, 6) is 1.89. The molecule has 0 saturated heterocycles. The van der Waals surface area contributed by atoms with Gasteiger partial charge in [0.25, 0.3) is 11.4 Å². The van der Waals surface area contributed by atoms with E-state index in [1.54, 1.807) is 28.8 Å². The van der Waals surface area contributed by atoms with Crippen LogP contribution in [0.4, 0.5) is 5.69 Å². The SMILES string of the molecule is CCCn1c(=O)c2[nH]c(-c3ccc(OCc4nc(-c5ccc(N)cc5)no4)cc3)nc2n(CCC)c1=O. The average molecular weight is 502 g/mol. The number of nitrogen functional groups attached to an aromatic ring is 1. The van der Waals surface area contributed by atoms with Crippen LogP contribution in [0.25, 0.3) is 33.9 Å². The Morgan fingerprint density at radius 1 is 0.919 bits per heavy atom. The van der Waals surface area contributed by atoms with Crippen molar-refractivity contribution < 1.29 is 9.26 Å². The molecule has 0 unspecified atom stereocenters. The largest absolute Gasteiger partial charge is 0.484 e. The molecule has 3 heterocycles. The average Bonchev–Trinajstić information content (AvgIpc) is 3.57. The van der Waals surface area contributed by atoms with E-state index in [2.05, 4.69) is 20.1 Å². The van der Waals surface area contributed by atoms with E-state index in [0.717, 1.165) is 17.5 Å². The van der Waals surface area contributed by atoms with Crippen LogP contribution in [-0.4, -0.2) is 29.2 Å². The van der Waals surface area contributed by atoms with Crippen LogP contribution in [0.1, 0.15) is 32.6 Å². The Kier molecular flexibility index (Phi) is 6.59. The Hall–Kier alpha value is -4.67. The summed E-state index contributed by atoms with van der Waals surface area (Å²) in [6.07, 6.45) is 1.43. The molecule has 11 heteroatoms. The standard InChI is InChI=1S/C26H27N7O4/c1-3-13-32-24-21(25(34)33(14-4-2)26(32)35)29-22(30-24)16-7-11-19(12-8-16)36-15-20-28-23(31-37-20)17-5-9-18(27)10-6-17/h5-12H,3-4,13-15,27H2,1-2H3,(H,29,30). The first kappa shape index (κ1) is 24.0. The minimum atomic E-state index is -0.356. The third-order valence-electron chi connectivity index (χ3n) is 5.88. The molecule has 0 amide bonds. The van der Waals surface area contributed by atoms with Crippen LogP contribution in [0.2, 0.25) is 0 Å². The van der Waals surface area contributed by atoms with Gasteiger partial charge in [0.1, 0.15) is 17.1 Å². The Morgan fingerprint density at radius 3 is 2.30 bits per heavy atom.